The van der Waals surface area contributed by atoms with Crippen molar-refractivity contribution in [2.45, 2.75) is 26.5 Å². The number of carbonyl (C=O) groups is 1. The lowest BCUT2D eigenvalue weighted by Gasteiger charge is -2.23. The summed E-state index contributed by atoms with van der Waals surface area (Å²) in [6, 6.07) is 10.9. The number of benzene rings is 1. The molecule has 0 saturated heterocycles. The lowest BCUT2D eigenvalue weighted by molar-refractivity contribution is -0.138. The zero-order valence-electron chi connectivity index (χ0n) is 14.4. The molecule has 3 rings (SSSR count). The van der Waals surface area contributed by atoms with Crippen molar-refractivity contribution in [2.24, 2.45) is 0 Å². The molecule has 0 saturated carbocycles. The van der Waals surface area contributed by atoms with Crippen molar-refractivity contribution in [1.82, 2.24) is 15.0 Å². The Morgan fingerprint density at radius 1 is 1.35 bits per heavy atom. The predicted octanol–water partition coefficient (Wildman–Crippen LogP) is 4.27. The van der Waals surface area contributed by atoms with Crippen LogP contribution in [0.15, 0.2) is 46.3 Å². The zero-order chi connectivity index (χ0) is 18.5. The fraction of sp³-hybridized carbons (Fsp3) is 0.278. The minimum absolute atomic E-state index is 0.178. The van der Waals surface area contributed by atoms with Crippen LogP contribution in [0.5, 0.6) is 5.75 Å². The highest BCUT2D eigenvalue weighted by Crippen LogP contribution is 2.25. The van der Waals surface area contributed by atoms with Crippen molar-refractivity contribution in [3.8, 4) is 16.5 Å². The molecular formula is C18H18ClN3O3S. The largest absolute Gasteiger partial charge is 0.479 e. The number of hydrogen-bond donors (Lipinski definition) is 0. The van der Waals surface area contributed by atoms with Crippen molar-refractivity contribution >= 4 is 28.8 Å². The van der Waals surface area contributed by atoms with Crippen LogP contribution in [0.25, 0.3) is 10.7 Å². The molecule has 0 radical (unpaired) electrons. The Bertz CT molecular complexity index is 866. The number of halogens is 1. The zero-order valence-corrected chi connectivity index (χ0v) is 16.0. The summed E-state index contributed by atoms with van der Waals surface area (Å²) in [5.74, 6) is 1.21. The van der Waals surface area contributed by atoms with Crippen molar-refractivity contribution in [3.05, 3.63) is 52.7 Å². The van der Waals surface area contributed by atoms with Crippen molar-refractivity contribution in [2.75, 3.05) is 6.54 Å². The molecule has 0 aliphatic carbocycles. The van der Waals surface area contributed by atoms with Crippen LogP contribution in [0.4, 0.5) is 0 Å². The molecule has 0 fully saturated rings. The Balaban J connectivity index is 1.66. The molecule has 0 bridgehead atoms. The number of para-hydroxylation sites is 1. The number of aromatic nitrogens is 2. The van der Waals surface area contributed by atoms with E-state index in [0.29, 0.717) is 29.0 Å². The molecule has 3 aromatic rings. The molecule has 8 heteroatoms. The topological polar surface area (TPSA) is 68.5 Å². The van der Waals surface area contributed by atoms with Crippen molar-refractivity contribution < 1.29 is 14.1 Å². The van der Waals surface area contributed by atoms with Crippen LogP contribution in [0, 0.1) is 0 Å². The van der Waals surface area contributed by atoms with Crippen LogP contribution >= 0.6 is 22.9 Å². The number of carbonyl (C=O) groups excluding carboxylic acids is 1. The number of thiophene rings is 1. The van der Waals surface area contributed by atoms with Gasteiger partial charge in [0.1, 0.15) is 12.3 Å². The van der Waals surface area contributed by atoms with Gasteiger partial charge in [-0.25, -0.2) is 0 Å². The summed E-state index contributed by atoms with van der Waals surface area (Å²) in [4.78, 5) is 19.6. The molecule has 1 atom stereocenters. The van der Waals surface area contributed by atoms with E-state index in [1.807, 2.05) is 24.4 Å². The standard InChI is InChI=1S/C18H18ClN3O3S/c1-3-22(11-16-20-17(21-25-16)15-9-6-10-26-15)18(23)12(2)24-14-8-5-4-7-13(14)19/h4-10,12H,3,11H2,1-2H3/t12-/m0/s1. The summed E-state index contributed by atoms with van der Waals surface area (Å²) in [5, 5.41) is 6.38. The molecule has 0 aliphatic rings. The van der Waals surface area contributed by atoms with Gasteiger partial charge in [-0.3, -0.25) is 4.79 Å². The smallest absolute Gasteiger partial charge is 0.263 e. The third-order valence-corrected chi connectivity index (χ3v) is 4.90. The summed E-state index contributed by atoms with van der Waals surface area (Å²) < 4.78 is 11.0. The molecule has 1 amide bonds. The van der Waals surface area contributed by atoms with Gasteiger partial charge in [0.25, 0.3) is 5.91 Å². The number of ether oxygens (including phenoxy) is 1. The second-order valence-electron chi connectivity index (χ2n) is 5.53. The summed E-state index contributed by atoms with van der Waals surface area (Å²) in [6.07, 6.45) is -0.686. The van der Waals surface area contributed by atoms with Gasteiger partial charge in [0, 0.05) is 6.54 Å². The minimum atomic E-state index is -0.686. The molecular weight excluding hydrogens is 374 g/mol. The highest BCUT2D eigenvalue weighted by Gasteiger charge is 2.24. The summed E-state index contributed by atoms with van der Waals surface area (Å²) in [6.45, 7) is 4.30. The monoisotopic (exact) mass is 391 g/mol. The first-order valence-electron chi connectivity index (χ1n) is 8.15. The highest BCUT2D eigenvalue weighted by molar-refractivity contribution is 7.13. The van der Waals surface area contributed by atoms with Gasteiger partial charge in [0.15, 0.2) is 6.10 Å². The van der Waals surface area contributed by atoms with Crippen LogP contribution in [-0.2, 0) is 11.3 Å². The van der Waals surface area contributed by atoms with Crippen LogP contribution in [0.3, 0.4) is 0 Å². The van der Waals surface area contributed by atoms with E-state index in [1.165, 1.54) is 11.3 Å². The molecule has 136 valence electrons. The molecule has 0 N–H and O–H groups in total. The van der Waals surface area contributed by atoms with Gasteiger partial charge in [-0.15, -0.1) is 11.3 Å². The Kier molecular flexibility index (Phi) is 5.90. The minimum Gasteiger partial charge on any atom is -0.479 e. The van der Waals surface area contributed by atoms with E-state index in [-0.39, 0.29) is 12.5 Å². The van der Waals surface area contributed by atoms with Crippen LogP contribution in [0.2, 0.25) is 5.02 Å². The van der Waals surface area contributed by atoms with E-state index in [2.05, 4.69) is 10.1 Å². The van der Waals surface area contributed by atoms with Crippen LogP contribution in [0.1, 0.15) is 19.7 Å². The fourth-order valence-electron chi connectivity index (χ4n) is 2.37. The molecule has 0 aliphatic heterocycles. The molecule has 1 aromatic carbocycles. The van der Waals surface area contributed by atoms with Gasteiger partial charge >= 0.3 is 0 Å². The number of nitrogens with zero attached hydrogens (tertiary/aromatic N) is 3. The molecule has 6 nitrogen and oxygen atoms in total. The Labute approximate surface area is 160 Å². The SMILES string of the molecule is CCN(Cc1nc(-c2cccs2)no1)C(=O)[C@H](C)Oc1ccccc1Cl. The van der Waals surface area contributed by atoms with Crippen LogP contribution < -0.4 is 4.74 Å². The molecule has 26 heavy (non-hydrogen) atoms. The van der Waals surface area contributed by atoms with E-state index in [0.717, 1.165) is 4.88 Å². The molecule has 2 aromatic heterocycles. The highest BCUT2D eigenvalue weighted by atomic mass is 35.5. The third-order valence-electron chi connectivity index (χ3n) is 3.72. The number of rotatable bonds is 7. The first kappa shape index (κ1) is 18.4. The maximum absolute atomic E-state index is 12.7. The van der Waals surface area contributed by atoms with Crippen molar-refractivity contribution in [3.63, 3.8) is 0 Å². The lowest BCUT2D eigenvalue weighted by Crippen LogP contribution is -2.40. The normalized spacial score (nSPS) is 12.0. The lowest BCUT2D eigenvalue weighted by atomic mass is 10.3. The second-order valence-corrected chi connectivity index (χ2v) is 6.89. The van der Waals surface area contributed by atoms with Gasteiger partial charge in [0.2, 0.25) is 11.7 Å². The number of amides is 1. The van der Waals surface area contributed by atoms with Gasteiger partial charge in [0.05, 0.1) is 9.90 Å². The predicted molar refractivity (Wildman–Crippen MR) is 100 cm³/mol. The Morgan fingerprint density at radius 3 is 2.85 bits per heavy atom. The molecule has 0 unspecified atom stereocenters. The summed E-state index contributed by atoms with van der Waals surface area (Å²) in [7, 11) is 0. The average molecular weight is 392 g/mol. The summed E-state index contributed by atoms with van der Waals surface area (Å²) >= 11 is 7.62. The second kappa shape index (κ2) is 8.33. The maximum atomic E-state index is 12.7. The fourth-order valence-corrected chi connectivity index (χ4v) is 3.20. The quantitative estimate of drug-likeness (QED) is 0.601. The number of likely N-dealkylation sites (N-methyl/N-ethyl adjacent to an activating group) is 1. The van der Waals surface area contributed by atoms with E-state index in [9.17, 15) is 4.79 Å². The van der Waals surface area contributed by atoms with Gasteiger partial charge < -0.3 is 14.2 Å². The van der Waals surface area contributed by atoms with Gasteiger partial charge in [-0.2, -0.15) is 4.98 Å². The Morgan fingerprint density at radius 2 is 2.15 bits per heavy atom. The van der Waals surface area contributed by atoms with E-state index in [1.54, 1.807) is 36.1 Å². The molecule has 0 spiro atoms. The molecule has 2 heterocycles. The summed E-state index contributed by atoms with van der Waals surface area (Å²) in [5.41, 5.74) is 0. The average Bonchev–Trinajstić information content (AvgIpc) is 3.32. The first-order chi connectivity index (χ1) is 12.6. The van der Waals surface area contributed by atoms with Gasteiger partial charge in [-0.1, -0.05) is 35.0 Å². The maximum Gasteiger partial charge on any atom is 0.263 e. The van der Waals surface area contributed by atoms with E-state index >= 15 is 0 Å². The van der Waals surface area contributed by atoms with Gasteiger partial charge in [-0.05, 0) is 37.4 Å². The van der Waals surface area contributed by atoms with E-state index in [4.69, 9.17) is 20.9 Å². The number of hydrogen-bond acceptors (Lipinski definition) is 6. The first-order valence-corrected chi connectivity index (χ1v) is 9.40. The third kappa shape index (κ3) is 4.23. The van der Waals surface area contributed by atoms with Crippen LogP contribution in [-0.4, -0.2) is 33.6 Å². The van der Waals surface area contributed by atoms with E-state index < -0.39 is 6.10 Å². The Hall–Kier alpha value is -2.38. The van der Waals surface area contributed by atoms with Crippen molar-refractivity contribution in [1.29, 1.82) is 0 Å².